The molecule has 3 aromatic rings. The third-order valence-corrected chi connectivity index (χ3v) is 7.35. The van der Waals surface area contributed by atoms with Crippen LogP contribution in [0.2, 0.25) is 0 Å². The Hall–Kier alpha value is -3.04. The lowest BCUT2D eigenvalue weighted by atomic mass is 10.0. The number of hydrogen-bond donors (Lipinski definition) is 1. The summed E-state index contributed by atoms with van der Waals surface area (Å²) in [7, 11) is -3.74. The van der Waals surface area contributed by atoms with Gasteiger partial charge in [-0.2, -0.15) is 4.31 Å². The Balaban J connectivity index is 1.52. The molecule has 0 aromatic heterocycles. The van der Waals surface area contributed by atoms with Gasteiger partial charge in [0, 0.05) is 18.5 Å². The van der Waals surface area contributed by atoms with Crippen molar-refractivity contribution in [3.05, 3.63) is 71.8 Å². The van der Waals surface area contributed by atoms with E-state index in [0.29, 0.717) is 34.9 Å². The van der Waals surface area contributed by atoms with Crippen LogP contribution in [0.3, 0.4) is 0 Å². The lowest BCUT2D eigenvalue weighted by Gasteiger charge is -2.31. The number of hydrogen-bond acceptors (Lipinski definition) is 4. The second-order valence-electron chi connectivity index (χ2n) is 7.71. The molecule has 9 heteroatoms. The fourth-order valence-corrected chi connectivity index (χ4v) is 5.32. The minimum Gasteiger partial charge on any atom is -0.490 e. The summed E-state index contributed by atoms with van der Waals surface area (Å²) in [5.74, 6) is -1.56. The molecule has 168 valence electrons. The minimum absolute atomic E-state index is 0.0288. The fourth-order valence-electron chi connectivity index (χ4n) is 3.85. The number of carbonyl (C=O) groups is 1. The van der Waals surface area contributed by atoms with E-state index in [2.05, 4.69) is 0 Å². The highest BCUT2D eigenvalue weighted by molar-refractivity contribution is 7.89. The summed E-state index contributed by atoms with van der Waals surface area (Å²) in [6.45, 7) is 0.428. The van der Waals surface area contributed by atoms with Gasteiger partial charge in [0.05, 0.1) is 11.3 Å². The van der Waals surface area contributed by atoms with Crippen LogP contribution in [0.4, 0.5) is 8.78 Å². The summed E-state index contributed by atoms with van der Waals surface area (Å²) in [5.41, 5.74) is 0.530. The molecule has 1 aliphatic rings. The average Bonchev–Trinajstić information content (AvgIpc) is 2.74. The Morgan fingerprint density at radius 3 is 2.31 bits per heavy atom. The molecule has 0 radical (unpaired) electrons. The summed E-state index contributed by atoms with van der Waals surface area (Å²) in [6.07, 6.45) is 0.292. The number of aliphatic carboxylic acids is 1. The first-order valence-corrected chi connectivity index (χ1v) is 11.5. The molecule has 3 aromatic carbocycles. The molecule has 0 aliphatic carbocycles. The second kappa shape index (κ2) is 8.84. The molecule has 1 saturated heterocycles. The van der Waals surface area contributed by atoms with Gasteiger partial charge in [-0.3, -0.25) is 4.79 Å². The van der Waals surface area contributed by atoms with Crippen molar-refractivity contribution in [2.75, 3.05) is 13.1 Å². The lowest BCUT2D eigenvalue weighted by molar-refractivity contribution is -0.136. The summed E-state index contributed by atoms with van der Waals surface area (Å²) in [5, 5.41) is 10.3. The third-order valence-electron chi connectivity index (χ3n) is 5.44. The van der Waals surface area contributed by atoms with Crippen LogP contribution < -0.4 is 4.74 Å². The Morgan fingerprint density at radius 1 is 1.00 bits per heavy atom. The van der Waals surface area contributed by atoms with Crippen molar-refractivity contribution in [3.63, 3.8) is 0 Å². The smallest absolute Gasteiger partial charge is 0.307 e. The van der Waals surface area contributed by atoms with Crippen LogP contribution in [0.5, 0.6) is 5.75 Å². The number of halogens is 2. The van der Waals surface area contributed by atoms with E-state index in [0.717, 1.165) is 12.1 Å². The predicted molar refractivity (Wildman–Crippen MR) is 114 cm³/mol. The van der Waals surface area contributed by atoms with Crippen LogP contribution in [0.15, 0.2) is 59.5 Å². The van der Waals surface area contributed by atoms with E-state index in [9.17, 15) is 22.0 Å². The zero-order chi connectivity index (χ0) is 22.9. The maximum Gasteiger partial charge on any atom is 0.307 e. The molecule has 1 heterocycles. The maximum atomic E-state index is 13.8. The number of sulfonamides is 1. The lowest BCUT2D eigenvalue weighted by Crippen LogP contribution is -2.41. The van der Waals surface area contributed by atoms with Gasteiger partial charge < -0.3 is 9.84 Å². The Bertz CT molecular complexity index is 1250. The van der Waals surface area contributed by atoms with Crippen molar-refractivity contribution in [1.29, 1.82) is 0 Å². The van der Waals surface area contributed by atoms with E-state index in [4.69, 9.17) is 9.84 Å². The van der Waals surface area contributed by atoms with Crippen molar-refractivity contribution in [3.8, 4) is 5.75 Å². The van der Waals surface area contributed by atoms with E-state index in [-0.39, 0.29) is 30.5 Å². The number of carboxylic acids is 1. The van der Waals surface area contributed by atoms with Gasteiger partial charge in [-0.05, 0) is 66.3 Å². The van der Waals surface area contributed by atoms with Crippen molar-refractivity contribution in [2.45, 2.75) is 30.3 Å². The van der Waals surface area contributed by atoms with Gasteiger partial charge in [-0.25, -0.2) is 17.2 Å². The first kappa shape index (κ1) is 22.2. The number of carboxylic acid groups (broad SMARTS) is 1. The average molecular weight is 461 g/mol. The highest BCUT2D eigenvalue weighted by atomic mass is 32.2. The second-order valence-corrected chi connectivity index (χ2v) is 9.64. The van der Waals surface area contributed by atoms with E-state index in [1.54, 1.807) is 18.2 Å². The first-order chi connectivity index (χ1) is 15.2. The molecule has 1 N–H and O–H groups in total. The minimum atomic E-state index is -3.74. The molecule has 32 heavy (non-hydrogen) atoms. The van der Waals surface area contributed by atoms with Gasteiger partial charge in [-0.1, -0.05) is 12.1 Å². The quantitative estimate of drug-likeness (QED) is 0.601. The van der Waals surface area contributed by atoms with E-state index < -0.39 is 27.6 Å². The van der Waals surface area contributed by atoms with Crippen molar-refractivity contribution in [1.82, 2.24) is 4.31 Å². The maximum absolute atomic E-state index is 13.8. The topological polar surface area (TPSA) is 83.9 Å². The van der Waals surface area contributed by atoms with Gasteiger partial charge in [0.1, 0.15) is 23.5 Å². The molecule has 0 unspecified atom stereocenters. The summed E-state index contributed by atoms with van der Waals surface area (Å²) in [4.78, 5) is 11.2. The number of ether oxygens (including phenoxy) is 1. The number of fused-ring (bicyclic) bond motifs is 1. The summed E-state index contributed by atoms with van der Waals surface area (Å²) < 4.78 is 60.0. The Kier molecular flexibility index (Phi) is 6.12. The molecule has 0 spiro atoms. The van der Waals surface area contributed by atoms with E-state index in [1.807, 2.05) is 0 Å². The third kappa shape index (κ3) is 4.73. The molecule has 0 saturated carbocycles. The Morgan fingerprint density at radius 2 is 1.66 bits per heavy atom. The van der Waals surface area contributed by atoms with Crippen molar-refractivity contribution in [2.24, 2.45) is 0 Å². The molecular weight excluding hydrogens is 440 g/mol. The zero-order valence-corrected chi connectivity index (χ0v) is 17.8. The highest BCUT2D eigenvalue weighted by Crippen LogP contribution is 2.32. The van der Waals surface area contributed by atoms with Crippen LogP contribution in [0.25, 0.3) is 10.8 Å². The molecule has 0 atom stereocenters. The van der Waals surface area contributed by atoms with Gasteiger partial charge in [0.15, 0.2) is 0 Å². The van der Waals surface area contributed by atoms with Crippen LogP contribution in [0, 0.1) is 11.6 Å². The standard InChI is InChI=1S/C23H21F2NO5S/c24-17-3-5-20(6-4-17)32(29,30)26-9-7-19(8-10-26)31-22-12-15(13-23(27)28)11-16-1-2-18(25)14-21(16)22/h1-6,11-12,14,19H,7-10,13H2,(H,27,28). The predicted octanol–water partition coefficient (Wildman–Crippen LogP) is 3.98. The van der Waals surface area contributed by atoms with Crippen LogP contribution in [0.1, 0.15) is 18.4 Å². The first-order valence-electron chi connectivity index (χ1n) is 10.1. The normalized spacial score (nSPS) is 15.7. The van der Waals surface area contributed by atoms with Crippen molar-refractivity contribution < 1.29 is 31.8 Å². The number of rotatable bonds is 6. The Labute approximate surface area is 184 Å². The SMILES string of the molecule is O=C(O)Cc1cc(OC2CCN(S(=O)(=O)c3ccc(F)cc3)CC2)c2cc(F)ccc2c1. The monoisotopic (exact) mass is 461 g/mol. The number of benzene rings is 3. The molecule has 1 fully saturated rings. The molecule has 0 bridgehead atoms. The molecule has 6 nitrogen and oxygen atoms in total. The molecular formula is C23H21F2NO5S. The molecule has 4 rings (SSSR count). The van der Waals surface area contributed by atoms with Crippen LogP contribution in [-0.4, -0.2) is 43.0 Å². The van der Waals surface area contributed by atoms with Crippen LogP contribution in [-0.2, 0) is 21.2 Å². The van der Waals surface area contributed by atoms with Gasteiger partial charge in [0.2, 0.25) is 10.0 Å². The molecule has 0 amide bonds. The zero-order valence-electron chi connectivity index (χ0n) is 17.0. The number of nitrogens with zero attached hydrogens (tertiary/aromatic N) is 1. The summed E-state index contributed by atoms with van der Waals surface area (Å²) in [6, 6.07) is 12.2. The largest absolute Gasteiger partial charge is 0.490 e. The van der Waals surface area contributed by atoms with Crippen molar-refractivity contribution >= 4 is 26.8 Å². The van der Waals surface area contributed by atoms with Gasteiger partial charge in [-0.15, -0.1) is 0 Å². The fraction of sp³-hybridized carbons (Fsp3) is 0.261. The number of piperidine rings is 1. The van der Waals surface area contributed by atoms with Gasteiger partial charge >= 0.3 is 5.97 Å². The molecule has 1 aliphatic heterocycles. The summed E-state index contributed by atoms with van der Waals surface area (Å²) >= 11 is 0. The van der Waals surface area contributed by atoms with E-state index >= 15 is 0 Å². The van der Waals surface area contributed by atoms with Gasteiger partial charge in [0.25, 0.3) is 0 Å². The van der Waals surface area contributed by atoms with Crippen LogP contribution >= 0.6 is 0 Å². The van der Waals surface area contributed by atoms with E-state index in [1.165, 1.54) is 28.6 Å². The highest BCUT2D eigenvalue weighted by Gasteiger charge is 2.30.